The van der Waals surface area contributed by atoms with Crippen molar-refractivity contribution in [3.05, 3.63) is 0 Å². The van der Waals surface area contributed by atoms with E-state index in [9.17, 15) is 14.7 Å². The zero-order valence-corrected chi connectivity index (χ0v) is 13.3. The SMILES string of the molecule is CCCCC(CC)C(=O)N1CCC(C(=O)O)(C(C)C)C1. The monoisotopic (exact) mass is 283 g/mol. The van der Waals surface area contributed by atoms with E-state index in [4.69, 9.17) is 0 Å². The number of carbonyl (C=O) groups is 2. The second kappa shape index (κ2) is 7.09. The zero-order chi connectivity index (χ0) is 15.3. The van der Waals surface area contributed by atoms with Crippen molar-refractivity contribution in [1.29, 1.82) is 0 Å². The van der Waals surface area contributed by atoms with Gasteiger partial charge in [-0.3, -0.25) is 9.59 Å². The minimum absolute atomic E-state index is 0.0496. The minimum Gasteiger partial charge on any atom is -0.481 e. The molecule has 1 amide bonds. The second-order valence-electron chi connectivity index (χ2n) is 6.37. The van der Waals surface area contributed by atoms with Crippen LogP contribution in [-0.4, -0.2) is 35.0 Å². The molecule has 0 aliphatic carbocycles. The average molecular weight is 283 g/mol. The third-order valence-corrected chi connectivity index (χ3v) is 4.89. The first-order valence-corrected chi connectivity index (χ1v) is 7.91. The molecule has 1 heterocycles. The van der Waals surface area contributed by atoms with Crippen molar-refractivity contribution in [3.63, 3.8) is 0 Å². The molecule has 2 unspecified atom stereocenters. The molecule has 116 valence electrons. The maximum absolute atomic E-state index is 12.5. The smallest absolute Gasteiger partial charge is 0.311 e. The van der Waals surface area contributed by atoms with Gasteiger partial charge in [0.05, 0.1) is 5.41 Å². The Kier molecular flexibility index (Phi) is 6.03. The van der Waals surface area contributed by atoms with Crippen molar-refractivity contribution in [2.45, 2.75) is 59.8 Å². The van der Waals surface area contributed by atoms with Gasteiger partial charge in [-0.2, -0.15) is 0 Å². The van der Waals surface area contributed by atoms with Gasteiger partial charge in [0.2, 0.25) is 5.91 Å². The molecule has 4 heteroatoms. The Balaban J connectivity index is 2.75. The van der Waals surface area contributed by atoms with E-state index in [0.29, 0.717) is 19.5 Å². The summed E-state index contributed by atoms with van der Waals surface area (Å²) in [5, 5.41) is 9.53. The van der Waals surface area contributed by atoms with Crippen LogP contribution in [0.25, 0.3) is 0 Å². The summed E-state index contributed by atoms with van der Waals surface area (Å²) in [4.78, 5) is 25.9. The van der Waals surface area contributed by atoms with Gasteiger partial charge in [0, 0.05) is 19.0 Å². The third-order valence-electron chi connectivity index (χ3n) is 4.89. The Morgan fingerprint density at radius 3 is 2.35 bits per heavy atom. The van der Waals surface area contributed by atoms with Crippen molar-refractivity contribution < 1.29 is 14.7 Å². The molecule has 1 N–H and O–H groups in total. The molecule has 0 spiro atoms. The number of likely N-dealkylation sites (tertiary alicyclic amines) is 1. The number of hydrogen-bond donors (Lipinski definition) is 1. The lowest BCUT2D eigenvalue weighted by Crippen LogP contribution is -2.42. The molecular formula is C16H29NO3. The number of unbranched alkanes of at least 4 members (excludes halogenated alkanes) is 1. The highest BCUT2D eigenvalue weighted by atomic mass is 16.4. The molecule has 1 aliphatic rings. The molecule has 1 fully saturated rings. The second-order valence-corrected chi connectivity index (χ2v) is 6.37. The first kappa shape index (κ1) is 17.0. The quantitative estimate of drug-likeness (QED) is 0.780. The van der Waals surface area contributed by atoms with E-state index in [0.717, 1.165) is 25.7 Å². The first-order valence-electron chi connectivity index (χ1n) is 7.91. The predicted octanol–water partition coefficient (Wildman–Crippen LogP) is 3.16. The summed E-state index contributed by atoms with van der Waals surface area (Å²) >= 11 is 0. The summed E-state index contributed by atoms with van der Waals surface area (Å²) in [7, 11) is 0. The van der Waals surface area contributed by atoms with Gasteiger partial charge in [0.15, 0.2) is 0 Å². The molecule has 20 heavy (non-hydrogen) atoms. The van der Waals surface area contributed by atoms with E-state index in [1.165, 1.54) is 0 Å². The maximum atomic E-state index is 12.5. The topological polar surface area (TPSA) is 57.6 Å². The summed E-state index contributed by atoms with van der Waals surface area (Å²) in [6.07, 6.45) is 4.50. The number of rotatable bonds is 7. The summed E-state index contributed by atoms with van der Waals surface area (Å²) in [5.41, 5.74) is -0.751. The van der Waals surface area contributed by atoms with Crippen LogP contribution >= 0.6 is 0 Å². The minimum atomic E-state index is -0.760. The highest BCUT2D eigenvalue weighted by Gasteiger charge is 2.48. The number of carboxylic acid groups (broad SMARTS) is 1. The molecule has 1 rings (SSSR count). The van der Waals surface area contributed by atoms with Gasteiger partial charge in [0.1, 0.15) is 0 Å². The highest BCUT2D eigenvalue weighted by molar-refractivity contribution is 5.82. The lowest BCUT2D eigenvalue weighted by Gasteiger charge is -2.29. The number of nitrogens with zero attached hydrogens (tertiary/aromatic N) is 1. The molecule has 0 bridgehead atoms. The molecule has 0 saturated carbocycles. The standard InChI is InChI=1S/C16H29NO3/c1-5-7-8-13(6-2)14(18)17-10-9-16(11-17,12(3)4)15(19)20/h12-13H,5-11H2,1-4H3,(H,19,20). The van der Waals surface area contributed by atoms with Crippen molar-refractivity contribution >= 4 is 11.9 Å². The Bertz CT molecular complexity index is 354. The van der Waals surface area contributed by atoms with Crippen molar-refractivity contribution in [1.82, 2.24) is 4.90 Å². The van der Waals surface area contributed by atoms with Gasteiger partial charge in [-0.15, -0.1) is 0 Å². The number of amides is 1. The molecule has 4 nitrogen and oxygen atoms in total. The molecule has 0 aromatic heterocycles. The zero-order valence-electron chi connectivity index (χ0n) is 13.3. The Hall–Kier alpha value is -1.06. The van der Waals surface area contributed by atoms with Gasteiger partial charge >= 0.3 is 5.97 Å². The van der Waals surface area contributed by atoms with E-state index in [1.807, 2.05) is 20.8 Å². The fourth-order valence-corrected chi connectivity index (χ4v) is 3.12. The molecule has 2 atom stereocenters. The first-order chi connectivity index (χ1) is 9.39. The third kappa shape index (κ3) is 3.33. The van der Waals surface area contributed by atoms with Gasteiger partial charge in [-0.1, -0.05) is 40.5 Å². The summed E-state index contributed by atoms with van der Waals surface area (Å²) in [6, 6.07) is 0. The van der Waals surface area contributed by atoms with Crippen molar-refractivity contribution in [3.8, 4) is 0 Å². The van der Waals surface area contributed by atoms with Crippen molar-refractivity contribution in [2.24, 2.45) is 17.3 Å². The van der Waals surface area contributed by atoms with Gasteiger partial charge in [-0.25, -0.2) is 0 Å². The van der Waals surface area contributed by atoms with Crippen LogP contribution < -0.4 is 0 Å². The number of hydrogen-bond acceptors (Lipinski definition) is 2. The Morgan fingerprint density at radius 1 is 1.30 bits per heavy atom. The predicted molar refractivity (Wildman–Crippen MR) is 79.4 cm³/mol. The van der Waals surface area contributed by atoms with Crippen LogP contribution in [0.15, 0.2) is 0 Å². The lowest BCUT2D eigenvalue weighted by atomic mass is 9.76. The fourth-order valence-electron chi connectivity index (χ4n) is 3.12. The summed E-state index contributed by atoms with van der Waals surface area (Å²) < 4.78 is 0. The number of carbonyl (C=O) groups excluding carboxylic acids is 1. The van der Waals surface area contributed by atoms with Crippen LogP contribution in [0.3, 0.4) is 0 Å². The molecular weight excluding hydrogens is 254 g/mol. The average Bonchev–Trinajstić information content (AvgIpc) is 2.85. The number of carboxylic acids is 1. The van der Waals surface area contributed by atoms with Gasteiger partial charge in [-0.05, 0) is 25.2 Å². The van der Waals surface area contributed by atoms with Crippen LogP contribution in [0.2, 0.25) is 0 Å². The molecule has 0 aromatic rings. The van der Waals surface area contributed by atoms with Crippen LogP contribution in [0, 0.1) is 17.3 Å². The van der Waals surface area contributed by atoms with E-state index >= 15 is 0 Å². The van der Waals surface area contributed by atoms with E-state index in [1.54, 1.807) is 4.90 Å². The summed E-state index contributed by atoms with van der Waals surface area (Å²) in [6.45, 7) is 9.02. The molecule has 0 radical (unpaired) electrons. The van der Waals surface area contributed by atoms with Crippen molar-refractivity contribution in [2.75, 3.05) is 13.1 Å². The van der Waals surface area contributed by atoms with Crippen LogP contribution in [0.1, 0.15) is 59.8 Å². The van der Waals surface area contributed by atoms with E-state index in [2.05, 4.69) is 6.92 Å². The normalized spacial score (nSPS) is 24.1. The molecule has 0 aromatic carbocycles. The fraction of sp³-hybridized carbons (Fsp3) is 0.875. The number of aliphatic carboxylic acids is 1. The largest absolute Gasteiger partial charge is 0.481 e. The molecule has 1 saturated heterocycles. The van der Waals surface area contributed by atoms with Crippen LogP contribution in [0.4, 0.5) is 0 Å². The van der Waals surface area contributed by atoms with Crippen LogP contribution in [-0.2, 0) is 9.59 Å². The van der Waals surface area contributed by atoms with E-state index < -0.39 is 11.4 Å². The Morgan fingerprint density at radius 2 is 1.95 bits per heavy atom. The maximum Gasteiger partial charge on any atom is 0.311 e. The Labute approximate surface area is 122 Å². The van der Waals surface area contributed by atoms with Gasteiger partial charge < -0.3 is 10.0 Å². The summed E-state index contributed by atoms with van der Waals surface area (Å²) in [5.74, 6) is -0.491. The molecule has 1 aliphatic heterocycles. The lowest BCUT2D eigenvalue weighted by molar-refractivity contribution is -0.151. The van der Waals surface area contributed by atoms with Gasteiger partial charge in [0.25, 0.3) is 0 Å². The highest BCUT2D eigenvalue weighted by Crippen LogP contribution is 2.39. The van der Waals surface area contributed by atoms with Crippen LogP contribution in [0.5, 0.6) is 0 Å². The van der Waals surface area contributed by atoms with E-state index in [-0.39, 0.29) is 17.7 Å².